The molecule has 0 bridgehead atoms. The average Bonchev–Trinajstić information content (AvgIpc) is 2.66. The third kappa shape index (κ3) is 4.27. The number of carbonyl (C=O) groups is 2. The first-order valence-electron chi connectivity index (χ1n) is 9.10. The second kappa shape index (κ2) is 8.69. The molecular weight excluding hydrogens is 352 g/mol. The first-order chi connectivity index (χ1) is 12.6. The molecule has 2 heterocycles. The maximum absolute atomic E-state index is 12.8. The SMILES string of the molecule is COCC(=O)N1CC[C@H]2[C@H](CCCN2C(=O)/C=C/c2ccccc2Cl)C1. The van der Waals surface area contributed by atoms with E-state index >= 15 is 0 Å². The van der Waals surface area contributed by atoms with E-state index in [1.807, 2.05) is 34.1 Å². The Morgan fingerprint density at radius 2 is 2.08 bits per heavy atom. The number of hydrogen-bond acceptors (Lipinski definition) is 3. The number of amides is 2. The van der Waals surface area contributed by atoms with Crippen LogP contribution in [-0.2, 0) is 14.3 Å². The van der Waals surface area contributed by atoms with Crippen molar-refractivity contribution in [3.63, 3.8) is 0 Å². The fraction of sp³-hybridized carbons (Fsp3) is 0.500. The topological polar surface area (TPSA) is 49.9 Å². The van der Waals surface area contributed by atoms with Crippen LogP contribution in [0.3, 0.4) is 0 Å². The van der Waals surface area contributed by atoms with E-state index in [-0.39, 0.29) is 24.5 Å². The zero-order chi connectivity index (χ0) is 18.5. The Morgan fingerprint density at radius 1 is 1.27 bits per heavy atom. The predicted molar refractivity (Wildman–Crippen MR) is 102 cm³/mol. The van der Waals surface area contributed by atoms with Gasteiger partial charge in [-0.1, -0.05) is 29.8 Å². The summed E-state index contributed by atoms with van der Waals surface area (Å²) in [5, 5.41) is 0.637. The summed E-state index contributed by atoms with van der Waals surface area (Å²) in [5.41, 5.74) is 0.844. The van der Waals surface area contributed by atoms with E-state index in [0.717, 1.165) is 31.4 Å². The molecule has 0 aliphatic carbocycles. The highest BCUT2D eigenvalue weighted by Gasteiger charge is 2.38. The minimum atomic E-state index is 0.0243. The van der Waals surface area contributed by atoms with Crippen molar-refractivity contribution >= 4 is 29.5 Å². The number of fused-ring (bicyclic) bond motifs is 1. The lowest BCUT2D eigenvalue weighted by Crippen LogP contribution is -2.56. The summed E-state index contributed by atoms with van der Waals surface area (Å²) in [4.78, 5) is 28.7. The van der Waals surface area contributed by atoms with Crippen molar-refractivity contribution in [3.05, 3.63) is 40.9 Å². The van der Waals surface area contributed by atoms with E-state index in [2.05, 4.69) is 0 Å². The number of methoxy groups -OCH3 is 1. The third-order valence-corrected chi connectivity index (χ3v) is 5.63. The average molecular weight is 377 g/mol. The van der Waals surface area contributed by atoms with Crippen LogP contribution < -0.4 is 0 Å². The summed E-state index contributed by atoms with van der Waals surface area (Å²) in [6.07, 6.45) is 6.25. The molecule has 2 amide bonds. The van der Waals surface area contributed by atoms with E-state index in [1.165, 1.54) is 7.11 Å². The minimum absolute atomic E-state index is 0.0243. The maximum atomic E-state index is 12.8. The monoisotopic (exact) mass is 376 g/mol. The lowest BCUT2D eigenvalue weighted by molar-refractivity contribution is -0.141. The molecule has 2 aliphatic heterocycles. The second-order valence-electron chi connectivity index (χ2n) is 6.92. The van der Waals surface area contributed by atoms with Gasteiger partial charge >= 0.3 is 0 Å². The largest absolute Gasteiger partial charge is 0.375 e. The number of rotatable bonds is 4. The van der Waals surface area contributed by atoms with Crippen LogP contribution in [0.25, 0.3) is 6.08 Å². The Bertz CT molecular complexity index is 691. The van der Waals surface area contributed by atoms with Crippen LogP contribution in [0.5, 0.6) is 0 Å². The van der Waals surface area contributed by atoms with Crippen molar-refractivity contribution in [1.29, 1.82) is 0 Å². The van der Waals surface area contributed by atoms with E-state index in [0.29, 0.717) is 24.0 Å². The summed E-state index contributed by atoms with van der Waals surface area (Å²) < 4.78 is 4.96. The third-order valence-electron chi connectivity index (χ3n) is 5.28. The maximum Gasteiger partial charge on any atom is 0.248 e. The molecule has 0 radical (unpaired) electrons. The summed E-state index contributed by atoms with van der Waals surface area (Å²) in [6.45, 7) is 2.30. The quantitative estimate of drug-likeness (QED) is 0.759. The fourth-order valence-electron chi connectivity index (χ4n) is 3.99. The Hall–Kier alpha value is -1.85. The van der Waals surface area contributed by atoms with Crippen LogP contribution in [0, 0.1) is 5.92 Å². The number of nitrogens with zero attached hydrogens (tertiary/aromatic N) is 2. The van der Waals surface area contributed by atoms with Gasteiger partial charge in [0.05, 0.1) is 0 Å². The molecule has 0 saturated carbocycles. The Morgan fingerprint density at radius 3 is 2.85 bits per heavy atom. The Kier molecular flexibility index (Phi) is 6.33. The van der Waals surface area contributed by atoms with Crippen LogP contribution in [0.15, 0.2) is 30.3 Å². The van der Waals surface area contributed by atoms with Crippen LogP contribution >= 0.6 is 11.6 Å². The zero-order valence-corrected chi connectivity index (χ0v) is 15.8. The highest BCUT2D eigenvalue weighted by Crippen LogP contribution is 2.31. The molecular formula is C20H25ClN2O3. The molecule has 1 aromatic rings. The number of halogens is 1. The number of benzene rings is 1. The van der Waals surface area contributed by atoms with Crippen molar-refractivity contribution in [2.24, 2.45) is 5.92 Å². The summed E-state index contributed by atoms with van der Waals surface area (Å²) in [6, 6.07) is 7.69. The van der Waals surface area contributed by atoms with Gasteiger partial charge in [0.2, 0.25) is 11.8 Å². The van der Waals surface area contributed by atoms with Crippen molar-refractivity contribution in [3.8, 4) is 0 Å². The molecule has 2 aliphatic rings. The molecule has 6 heteroatoms. The molecule has 0 aromatic heterocycles. The van der Waals surface area contributed by atoms with E-state index in [1.54, 1.807) is 12.2 Å². The molecule has 2 atom stereocenters. The van der Waals surface area contributed by atoms with E-state index in [4.69, 9.17) is 16.3 Å². The lowest BCUT2D eigenvalue weighted by Gasteiger charge is -2.47. The standard InChI is InChI=1S/C20H25ClN2O3/c1-26-14-20(25)22-12-10-18-16(13-22)6-4-11-23(18)19(24)9-8-15-5-2-3-7-17(15)21/h2-3,5,7-9,16,18H,4,6,10-14H2,1H3/b9-8+/t16-,18+/m1/s1. The summed E-state index contributed by atoms with van der Waals surface area (Å²) >= 11 is 6.15. The zero-order valence-electron chi connectivity index (χ0n) is 15.1. The predicted octanol–water partition coefficient (Wildman–Crippen LogP) is 2.84. The molecule has 5 nitrogen and oxygen atoms in total. The van der Waals surface area contributed by atoms with Gasteiger partial charge in [-0.2, -0.15) is 0 Å². The first kappa shape index (κ1) is 18.9. The van der Waals surface area contributed by atoms with Crippen molar-refractivity contribution in [1.82, 2.24) is 9.80 Å². The van der Waals surface area contributed by atoms with Crippen LogP contribution in [-0.4, -0.2) is 61.0 Å². The number of piperidine rings is 2. The number of ether oxygens (including phenoxy) is 1. The summed E-state index contributed by atoms with van der Waals surface area (Å²) in [5.74, 6) is 0.403. The van der Waals surface area contributed by atoms with E-state index < -0.39 is 0 Å². The highest BCUT2D eigenvalue weighted by atomic mass is 35.5. The van der Waals surface area contributed by atoms with Gasteiger partial charge in [-0.3, -0.25) is 9.59 Å². The van der Waals surface area contributed by atoms with Crippen LogP contribution in [0.1, 0.15) is 24.8 Å². The lowest BCUT2D eigenvalue weighted by atomic mass is 9.83. The molecule has 3 rings (SSSR count). The van der Waals surface area contributed by atoms with Gasteiger partial charge in [-0.25, -0.2) is 0 Å². The van der Waals surface area contributed by atoms with Gasteiger partial charge in [0.1, 0.15) is 6.61 Å². The molecule has 0 unspecified atom stereocenters. The highest BCUT2D eigenvalue weighted by molar-refractivity contribution is 6.32. The molecule has 0 spiro atoms. The summed E-state index contributed by atoms with van der Waals surface area (Å²) in [7, 11) is 1.54. The Balaban J connectivity index is 1.65. The van der Waals surface area contributed by atoms with Gasteiger partial charge in [-0.05, 0) is 42.9 Å². The fourth-order valence-corrected chi connectivity index (χ4v) is 4.18. The normalized spacial score (nSPS) is 23.2. The Labute approximate surface area is 159 Å². The first-order valence-corrected chi connectivity index (χ1v) is 9.48. The molecule has 2 fully saturated rings. The van der Waals surface area contributed by atoms with Crippen molar-refractivity contribution in [2.75, 3.05) is 33.4 Å². The molecule has 26 heavy (non-hydrogen) atoms. The second-order valence-corrected chi connectivity index (χ2v) is 7.32. The van der Waals surface area contributed by atoms with Gasteiger partial charge in [0.15, 0.2) is 0 Å². The number of carbonyl (C=O) groups excluding carboxylic acids is 2. The van der Waals surface area contributed by atoms with Crippen LogP contribution in [0.4, 0.5) is 0 Å². The van der Waals surface area contributed by atoms with Crippen molar-refractivity contribution < 1.29 is 14.3 Å². The van der Waals surface area contributed by atoms with Gasteiger partial charge in [0.25, 0.3) is 0 Å². The van der Waals surface area contributed by atoms with Crippen LogP contribution in [0.2, 0.25) is 5.02 Å². The molecule has 140 valence electrons. The van der Waals surface area contributed by atoms with Gasteiger partial charge in [0, 0.05) is 43.9 Å². The molecule has 0 N–H and O–H groups in total. The molecule has 1 aromatic carbocycles. The van der Waals surface area contributed by atoms with Gasteiger partial charge in [-0.15, -0.1) is 0 Å². The van der Waals surface area contributed by atoms with E-state index in [9.17, 15) is 9.59 Å². The minimum Gasteiger partial charge on any atom is -0.375 e. The van der Waals surface area contributed by atoms with Crippen molar-refractivity contribution in [2.45, 2.75) is 25.3 Å². The van der Waals surface area contributed by atoms with Gasteiger partial charge < -0.3 is 14.5 Å². The number of likely N-dealkylation sites (tertiary alicyclic amines) is 2. The molecule has 2 saturated heterocycles. The smallest absolute Gasteiger partial charge is 0.248 e. The number of hydrogen-bond donors (Lipinski definition) is 0.